The van der Waals surface area contributed by atoms with Gasteiger partial charge in [0.15, 0.2) is 9.84 Å². The van der Waals surface area contributed by atoms with Gasteiger partial charge >= 0.3 is 0 Å². The van der Waals surface area contributed by atoms with E-state index in [4.69, 9.17) is 5.11 Å². The fourth-order valence-electron chi connectivity index (χ4n) is 0.786. The summed E-state index contributed by atoms with van der Waals surface area (Å²) >= 11 is 1.95. The molecule has 9 heavy (non-hydrogen) atoms. The number of hydrogen-bond donors (Lipinski definition) is 1. The van der Waals surface area contributed by atoms with Crippen LogP contribution in [0.1, 0.15) is 0 Å². The first-order chi connectivity index (χ1) is 4.01. The first kappa shape index (κ1) is 7.74. The molecular formula is C4H7IO3S. The van der Waals surface area contributed by atoms with Crippen LogP contribution in [0.25, 0.3) is 0 Å². The summed E-state index contributed by atoms with van der Waals surface area (Å²) in [6.45, 7) is 0. The quantitative estimate of drug-likeness (QED) is 0.476. The van der Waals surface area contributed by atoms with E-state index in [1.807, 2.05) is 22.6 Å². The van der Waals surface area contributed by atoms with Crippen molar-refractivity contribution in [2.45, 2.75) is 10.0 Å². The van der Waals surface area contributed by atoms with Crippen molar-refractivity contribution in [3.05, 3.63) is 0 Å². The van der Waals surface area contributed by atoms with Crippen LogP contribution in [0.15, 0.2) is 0 Å². The monoisotopic (exact) mass is 262 g/mol. The average Bonchev–Trinajstić information content (AvgIpc) is 1.79. The third-order valence-electron chi connectivity index (χ3n) is 1.26. The minimum Gasteiger partial charge on any atom is -0.391 e. The van der Waals surface area contributed by atoms with E-state index in [2.05, 4.69) is 0 Å². The van der Waals surface area contributed by atoms with Gasteiger partial charge in [0.1, 0.15) is 0 Å². The zero-order valence-corrected chi connectivity index (χ0v) is 7.59. The number of sulfone groups is 1. The lowest BCUT2D eigenvalue weighted by Gasteiger charge is -1.99. The molecule has 5 heteroatoms. The molecule has 1 aliphatic rings. The van der Waals surface area contributed by atoms with E-state index >= 15 is 0 Å². The van der Waals surface area contributed by atoms with Gasteiger partial charge in [-0.25, -0.2) is 8.42 Å². The van der Waals surface area contributed by atoms with Gasteiger partial charge in [-0.15, -0.1) is 0 Å². The first-order valence-corrected chi connectivity index (χ1v) is 5.60. The summed E-state index contributed by atoms with van der Waals surface area (Å²) in [5.74, 6) is 0.0787. The lowest BCUT2D eigenvalue weighted by molar-refractivity contribution is 0.211. The Morgan fingerprint density at radius 2 is 2.00 bits per heavy atom. The third-order valence-corrected chi connectivity index (χ3v) is 4.84. The topological polar surface area (TPSA) is 54.4 Å². The van der Waals surface area contributed by atoms with Crippen LogP contribution in [0.2, 0.25) is 0 Å². The van der Waals surface area contributed by atoms with E-state index in [1.54, 1.807) is 0 Å². The lowest BCUT2D eigenvalue weighted by atomic mass is 10.3. The SMILES string of the molecule is O=S1(=O)CC(O)C(I)C1. The molecule has 0 radical (unpaired) electrons. The molecule has 2 atom stereocenters. The molecule has 1 fully saturated rings. The Kier molecular flexibility index (Phi) is 2.02. The zero-order chi connectivity index (χ0) is 7.07. The summed E-state index contributed by atoms with van der Waals surface area (Å²) in [7, 11) is -2.90. The van der Waals surface area contributed by atoms with Crippen molar-refractivity contribution in [3.63, 3.8) is 0 Å². The van der Waals surface area contributed by atoms with E-state index in [0.717, 1.165) is 0 Å². The molecule has 0 saturated carbocycles. The molecule has 1 rings (SSSR count). The van der Waals surface area contributed by atoms with Crippen molar-refractivity contribution in [2.75, 3.05) is 11.5 Å². The van der Waals surface area contributed by atoms with Crippen LogP contribution in [0.4, 0.5) is 0 Å². The number of aliphatic hydroxyl groups excluding tert-OH is 1. The maximum absolute atomic E-state index is 10.7. The highest BCUT2D eigenvalue weighted by atomic mass is 127. The van der Waals surface area contributed by atoms with Gasteiger partial charge in [-0.1, -0.05) is 22.6 Å². The van der Waals surface area contributed by atoms with E-state index in [9.17, 15) is 8.42 Å². The third kappa shape index (κ3) is 1.78. The summed E-state index contributed by atoms with van der Waals surface area (Å²) in [6, 6.07) is 0. The number of rotatable bonds is 0. The lowest BCUT2D eigenvalue weighted by Crippen LogP contribution is -2.16. The van der Waals surface area contributed by atoms with Crippen LogP contribution in [0, 0.1) is 0 Å². The van der Waals surface area contributed by atoms with Crippen LogP contribution in [-0.4, -0.2) is 35.1 Å². The standard InChI is InChI=1S/C4H7IO3S/c5-3-1-9(7,8)2-4(3)6/h3-4,6H,1-2H2. The molecule has 0 aromatic rings. The smallest absolute Gasteiger partial charge is 0.154 e. The Labute approximate surface area is 67.5 Å². The van der Waals surface area contributed by atoms with Crippen LogP contribution >= 0.6 is 22.6 Å². The molecule has 1 aliphatic heterocycles. The van der Waals surface area contributed by atoms with Gasteiger partial charge in [0, 0.05) is 0 Å². The van der Waals surface area contributed by atoms with E-state index in [1.165, 1.54) is 0 Å². The molecule has 0 aliphatic carbocycles. The Hall–Kier alpha value is 0.640. The van der Waals surface area contributed by atoms with Crippen molar-refractivity contribution in [2.24, 2.45) is 0 Å². The van der Waals surface area contributed by atoms with Crippen LogP contribution in [0.5, 0.6) is 0 Å². The molecule has 1 saturated heterocycles. The number of aliphatic hydroxyl groups is 1. The maximum Gasteiger partial charge on any atom is 0.154 e. The van der Waals surface area contributed by atoms with Crippen molar-refractivity contribution in [3.8, 4) is 0 Å². The van der Waals surface area contributed by atoms with Crippen LogP contribution in [-0.2, 0) is 9.84 Å². The molecule has 2 unspecified atom stereocenters. The Balaban J connectivity index is 2.77. The molecule has 0 bridgehead atoms. The van der Waals surface area contributed by atoms with Gasteiger partial charge < -0.3 is 5.11 Å². The van der Waals surface area contributed by atoms with E-state index in [-0.39, 0.29) is 15.4 Å². The highest BCUT2D eigenvalue weighted by Gasteiger charge is 2.34. The van der Waals surface area contributed by atoms with Gasteiger partial charge in [0.25, 0.3) is 0 Å². The minimum absolute atomic E-state index is 0.0550. The molecule has 0 spiro atoms. The van der Waals surface area contributed by atoms with Gasteiger partial charge in [0.05, 0.1) is 21.5 Å². The molecule has 54 valence electrons. The fraction of sp³-hybridized carbons (Fsp3) is 1.00. The number of alkyl halides is 1. The van der Waals surface area contributed by atoms with Gasteiger partial charge in [-0.05, 0) is 0 Å². The summed E-state index contributed by atoms with van der Waals surface area (Å²) in [6.07, 6.45) is -0.643. The van der Waals surface area contributed by atoms with Gasteiger partial charge in [0.2, 0.25) is 0 Å². The van der Waals surface area contributed by atoms with Crippen molar-refractivity contribution in [1.29, 1.82) is 0 Å². The molecule has 0 aromatic carbocycles. The average molecular weight is 262 g/mol. The normalized spacial score (nSPS) is 41.1. The molecule has 1 heterocycles. The van der Waals surface area contributed by atoms with Crippen LogP contribution < -0.4 is 0 Å². The van der Waals surface area contributed by atoms with Crippen LogP contribution in [0.3, 0.4) is 0 Å². The predicted octanol–water partition coefficient (Wildman–Crippen LogP) is -0.421. The zero-order valence-electron chi connectivity index (χ0n) is 4.62. The summed E-state index contributed by atoms with van der Waals surface area (Å²) in [5, 5.41) is 8.95. The van der Waals surface area contributed by atoms with Crippen molar-refractivity contribution < 1.29 is 13.5 Å². The highest BCUT2D eigenvalue weighted by Crippen LogP contribution is 2.19. The van der Waals surface area contributed by atoms with Gasteiger partial charge in [-0.3, -0.25) is 0 Å². The first-order valence-electron chi connectivity index (χ1n) is 2.54. The second kappa shape index (κ2) is 2.35. The fourth-order valence-corrected chi connectivity index (χ4v) is 4.63. The highest BCUT2D eigenvalue weighted by molar-refractivity contribution is 14.1. The number of halogens is 1. The van der Waals surface area contributed by atoms with Gasteiger partial charge in [-0.2, -0.15) is 0 Å². The van der Waals surface area contributed by atoms with E-state index in [0.29, 0.717) is 0 Å². The summed E-state index contributed by atoms with van der Waals surface area (Å²) < 4.78 is 21.3. The maximum atomic E-state index is 10.7. The second-order valence-electron chi connectivity index (χ2n) is 2.16. The number of hydrogen-bond acceptors (Lipinski definition) is 3. The largest absolute Gasteiger partial charge is 0.391 e. The predicted molar refractivity (Wildman–Crippen MR) is 42.5 cm³/mol. The molecule has 1 N–H and O–H groups in total. The molecular weight excluding hydrogens is 255 g/mol. The summed E-state index contributed by atoms with van der Waals surface area (Å²) in [5.41, 5.74) is 0. The molecule has 0 amide bonds. The van der Waals surface area contributed by atoms with E-state index < -0.39 is 15.9 Å². The second-order valence-corrected chi connectivity index (χ2v) is 5.91. The minimum atomic E-state index is -2.90. The van der Waals surface area contributed by atoms with Crippen molar-refractivity contribution in [1.82, 2.24) is 0 Å². The Morgan fingerprint density at radius 3 is 2.11 bits per heavy atom. The van der Waals surface area contributed by atoms with Crippen molar-refractivity contribution >= 4 is 32.4 Å². The summed E-state index contributed by atoms with van der Waals surface area (Å²) in [4.78, 5) is 0. The Morgan fingerprint density at radius 1 is 1.44 bits per heavy atom. The molecule has 0 aromatic heterocycles. The Bertz CT molecular complexity index is 182. The molecule has 3 nitrogen and oxygen atoms in total.